The summed E-state index contributed by atoms with van der Waals surface area (Å²) in [5.74, 6) is -0.604. The van der Waals surface area contributed by atoms with E-state index in [0.717, 1.165) is 24.9 Å². The number of hydrogen-bond donors (Lipinski definition) is 2. The molecule has 1 aliphatic rings. The molecule has 0 aliphatic carbocycles. The zero-order valence-electron chi connectivity index (χ0n) is 9.99. The Morgan fingerprint density at radius 1 is 1.44 bits per heavy atom. The van der Waals surface area contributed by atoms with Crippen LogP contribution in [0, 0.1) is 5.82 Å². The molecule has 0 radical (unpaired) electrons. The number of ether oxygens (including phenoxy) is 1. The number of halogens is 1. The van der Waals surface area contributed by atoms with Crippen molar-refractivity contribution in [2.24, 2.45) is 0 Å². The van der Waals surface area contributed by atoms with Gasteiger partial charge in [-0.3, -0.25) is 4.79 Å². The van der Waals surface area contributed by atoms with Crippen molar-refractivity contribution in [2.75, 3.05) is 18.8 Å². The molecule has 1 heterocycles. The topological polar surface area (TPSA) is 38.3 Å². The maximum Gasteiger partial charge on any atom is 0.316 e. The van der Waals surface area contributed by atoms with E-state index < -0.39 is 5.60 Å². The van der Waals surface area contributed by atoms with Crippen molar-refractivity contribution in [3.8, 4) is 0 Å². The smallest absolute Gasteiger partial charge is 0.316 e. The Labute approximate surface area is 111 Å². The molecule has 1 unspecified atom stereocenters. The number of benzene rings is 1. The van der Waals surface area contributed by atoms with Gasteiger partial charge < -0.3 is 10.1 Å². The van der Waals surface area contributed by atoms with Gasteiger partial charge in [0.2, 0.25) is 0 Å². The fraction of sp³-hybridized carbons (Fsp3) is 0.462. The highest BCUT2D eigenvalue weighted by molar-refractivity contribution is 7.81. The molecule has 1 atom stereocenters. The summed E-state index contributed by atoms with van der Waals surface area (Å²) in [5, 5.41) is 3.22. The highest BCUT2D eigenvalue weighted by Gasteiger charge is 2.37. The van der Waals surface area contributed by atoms with Crippen LogP contribution < -0.4 is 5.32 Å². The number of piperidine rings is 1. The largest absolute Gasteiger partial charge is 0.452 e. The Kier molecular flexibility index (Phi) is 4.24. The van der Waals surface area contributed by atoms with Crippen LogP contribution in [0.3, 0.4) is 0 Å². The molecular formula is C13H16FNO2S. The van der Waals surface area contributed by atoms with Crippen molar-refractivity contribution < 1.29 is 13.9 Å². The summed E-state index contributed by atoms with van der Waals surface area (Å²) >= 11 is 3.93. The van der Waals surface area contributed by atoms with Gasteiger partial charge >= 0.3 is 5.97 Å². The second-order valence-electron chi connectivity index (χ2n) is 4.41. The minimum atomic E-state index is -0.689. The fourth-order valence-electron chi connectivity index (χ4n) is 2.27. The maximum atomic E-state index is 13.0. The van der Waals surface area contributed by atoms with Gasteiger partial charge in [-0.05, 0) is 37.1 Å². The van der Waals surface area contributed by atoms with Crippen LogP contribution in [0.15, 0.2) is 24.3 Å². The van der Waals surface area contributed by atoms with E-state index in [2.05, 4.69) is 17.9 Å². The third-order valence-electron chi connectivity index (χ3n) is 3.15. The van der Waals surface area contributed by atoms with Crippen LogP contribution >= 0.6 is 12.6 Å². The van der Waals surface area contributed by atoms with Crippen molar-refractivity contribution in [2.45, 2.75) is 18.4 Å². The zero-order chi connectivity index (χ0) is 13.0. The van der Waals surface area contributed by atoms with Crippen LogP contribution in [0.4, 0.5) is 4.39 Å². The lowest BCUT2D eigenvalue weighted by atomic mass is 9.86. The lowest BCUT2D eigenvalue weighted by Crippen LogP contribution is -2.46. The van der Waals surface area contributed by atoms with E-state index in [1.807, 2.05) is 0 Å². The van der Waals surface area contributed by atoms with Crippen LogP contribution in [-0.2, 0) is 15.1 Å². The molecule has 0 saturated carbocycles. The average Bonchev–Trinajstić information content (AvgIpc) is 2.40. The molecule has 1 aromatic rings. The van der Waals surface area contributed by atoms with Crippen LogP contribution in [0.1, 0.15) is 18.4 Å². The Morgan fingerprint density at radius 3 is 2.72 bits per heavy atom. The molecule has 0 amide bonds. The number of rotatable bonds is 3. The summed E-state index contributed by atoms with van der Waals surface area (Å²) in [6, 6.07) is 6.13. The molecule has 5 heteroatoms. The molecule has 2 rings (SSSR count). The standard InChI is InChI=1S/C13H16FNO2S/c14-11-4-2-10(3-5-11)13(17-12(16)8-18)6-1-7-15-9-13/h2-5,15,18H,1,6-9H2. The van der Waals surface area contributed by atoms with E-state index in [0.29, 0.717) is 6.54 Å². The molecule has 0 spiro atoms. The van der Waals surface area contributed by atoms with Gasteiger partial charge in [0.1, 0.15) is 11.4 Å². The number of nitrogens with one attached hydrogen (secondary N) is 1. The Balaban J connectivity index is 2.28. The maximum absolute atomic E-state index is 13.0. The van der Waals surface area contributed by atoms with Gasteiger partial charge in [0.25, 0.3) is 0 Å². The summed E-state index contributed by atoms with van der Waals surface area (Å²) in [7, 11) is 0. The summed E-state index contributed by atoms with van der Waals surface area (Å²) < 4.78 is 18.5. The highest BCUT2D eigenvalue weighted by atomic mass is 32.1. The third kappa shape index (κ3) is 2.84. The average molecular weight is 269 g/mol. The predicted octanol–water partition coefficient (Wildman–Crippen LogP) is 1.88. The quantitative estimate of drug-likeness (QED) is 0.650. The summed E-state index contributed by atoms with van der Waals surface area (Å²) in [5.41, 5.74) is 0.136. The first kappa shape index (κ1) is 13.4. The number of carbonyl (C=O) groups is 1. The first-order valence-corrected chi connectivity index (χ1v) is 6.59. The van der Waals surface area contributed by atoms with Crippen molar-refractivity contribution >= 4 is 18.6 Å². The normalized spacial score (nSPS) is 23.7. The monoisotopic (exact) mass is 269 g/mol. The molecule has 3 nitrogen and oxygen atoms in total. The molecule has 1 saturated heterocycles. The van der Waals surface area contributed by atoms with Crippen molar-refractivity contribution in [1.29, 1.82) is 0 Å². The molecule has 0 aromatic heterocycles. The van der Waals surface area contributed by atoms with Gasteiger partial charge in [-0.2, -0.15) is 12.6 Å². The second-order valence-corrected chi connectivity index (χ2v) is 4.73. The molecule has 1 aromatic carbocycles. The molecule has 0 bridgehead atoms. The summed E-state index contributed by atoms with van der Waals surface area (Å²) in [6.07, 6.45) is 1.66. The lowest BCUT2D eigenvalue weighted by Gasteiger charge is -2.37. The van der Waals surface area contributed by atoms with E-state index in [1.165, 1.54) is 12.1 Å². The summed E-state index contributed by atoms with van der Waals surface area (Å²) in [6.45, 7) is 1.46. The van der Waals surface area contributed by atoms with E-state index >= 15 is 0 Å². The van der Waals surface area contributed by atoms with E-state index in [9.17, 15) is 9.18 Å². The number of esters is 1. The second kappa shape index (κ2) is 5.71. The molecule has 1 N–H and O–H groups in total. The van der Waals surface area contributed by atoms with Gasteiger partial charge in [0.05, 0.1) is 5.75 Å². The molecule has 18 heavy (non-hydrogen) atoms. The molecular weight excluding hydrogens is 253 g/mol. The fourth-order valence-corrected chi connectivity index (χ4v) is 2.34. The number of thiol groups is 1. The van der Waals surface area contributed by atoms with Crippen LogP contribution in [0.2, 0.25) is 0 Å². The van der Waals surface area contributed by atoms with Crippen LogP contribution in [0.25, 0.3) is 0 Å². The summed E-state index contributed by atoms with van der Waals surface area (Å²) in [4.78, 5) is 11.5. The van der Waals surface area contributed by atoms with E-state index in [-0.39, 0.29) is 17.5 Å². The number of carbonyl (C=O) groups excluding carboxylic acids is 1. The zero-order valence-corrected chi connectivity index (χ0v) is 10.9. The highest BCUT2D eigenvalue weighted by Crippen LogP contribution is 2.33. The van der Waals surface area contributed by atoms with Crippen molar-refractivity contribution in [3.05, 3.63) is 35.6 Å². The van der Waals surface area contributed by atoms with Crippen LogP contribution in [-0.4, -0.2) is 24.8 Å². The van der Waals surface area contributed by atoms with E-state index in [4.69, 9.17) is 4.74 Å². The van der Waals surface area contributed by atoms with Gasteiger partial charge in [0.15, 0.2) is 0 Å². The van der Waals surface area contributed by atoms with Crippen molar-refractivity contribution in [1.82, 2.24) is 5.32 Å². The first-order chi connectivity index (χ1) is 8.66. The SMILES string of the molecule is O=C(CS)OC1(c2ccc(F)cc2)CCCNC1. The Bertz CT molecular complexity index is 416. The van der Waals surface area contributed by atoms with Gasteiger partial charge in [-0.15, -0.1) is 0 Å². The Hall–Kier alpha value is -1.07. The Morgan fingerprint density at radius 2 is 2.17 bits per heavy atom. The molecule has 98 valence electrons. The van der Waals surface area contributed by atoms with Gasteiger partial charge in [-0.25, -0.2) is 4.39 Å². The first-order valence-electron chi connectivity index (χ1n) is 5.96. The number of hydrogen-bond acceptors (Lipinski definition) is 4. The molecule has 1 aliphatic heterocycles. The third-order valence-corrected chi connectivity index (χ3v) is 3.41. The van der Waals surface area contributed by atoms with Crippen molar-refractivity contribution in [3.63, 3.8) is 0 Å². The van der Waals surface area contributed by atoms with Gasteiger partial charge in [0, 0.05) is 6.54 Å². The van der Waals surface area contributed by atoms with E-state index in [1.54, 1.807) is 12.1 Å². The molecule has 1 fully saturated rings. The van der Waals surface area contributed by atoms with Gasteiger partial charge in [-0.1, -0.05) is 12.1 Å². The minimum absolute atomic E-state index is 0.0446. The van der Waals surface area contributed by atoms with Crippen LogP contribution in [0.5, 0.6) is 0 Å². The minimum Gasteiger partial charge on any atom is -0.452 e. The lowest BCUT2D eigenvalue weighted by molar-refractivity contribution is -0.159. The predicted molar refractivity (Wildman–Crippen MR) is 70.1 cm³/mol.